The number of rotatable bonds is 5. The first-order valence-corrected chi connectivity index (χ1v) is 11.2. The number of anilines is 1. The summed E-state index contributed by atoms with van der Waals surface area (Å²) in [6.07, 6.45) is 1.54. The van der Waals surface area contributed by atoms with Gasteiger partial charge in [0.1, 0.15) is 0 Å². The van der Waals surface area contributed by atoms with Gasteiger partial charge in [-0.3, -0.25) is 9.69 Å². The molecule has 1 aliphatic rings. The minimum absolute atomic E-state index is 0.0646. The summed E-state index contributed by atoms with van der Waals surface area (Å²) in [7, 11) is 0. The number of hydrogen-bond acceptors (Lipinski definition) is 5. The fraction of sp³-hybridized carbons (Fsp3) is 0.292. The van der Waals surface area contributed by atoms with Gasteiger partial charge in [-0.15, -0.1) is 0 Å². The second-order valence-electron chi connectivity index (χ2n) is 7.84. The highest BCUT2D eigenvalue weighted by molar-refractivity contribution is 6.35. The predicted octanol–water partition coefficient (Wildman–Crippen LogP) is 5.15. The lowest BCUT2D eigenvalue weighted by molar-refractivity contribution is 0.0342. The molecule has 0 atom stereocenters. The van der Waals surface area contributed by atoms with Crippen molar-refractivity contribution in [3.8, 4) is 11.3 Å². The summed E-state index contributed by atoms with van der Waals surface area (Å²) in [6, 6.07) is 11.0. The number of benzene rings is 2. The van der Waals surface area contributed by atoms with E-state index in [1.54, 1.807) is 30.5 Å². The second kappa shape index (κ2) is 9.96. The van der Waals surface area contributed by atoms with Crippen molar-refractivity contribution in [2.75, 3.05) is 31.6 Å². The maximum absolute atomic E-state index is 12.9. The molecule has 1 fully saturated rings. The Morgan fingerprint density at radius 2 is 1.81 bits per heavy atom. The molecule has 166 valence electrons. The van der Waals surface area contributed by atoms with Crippen molar-refractivity contribution in [2.24, 2.45) is 0 Å². The van der Waals surface area contributed by atoms with Gasteiger partial charge in [-0.25, -0.2) is 9.97 Å². The van der Waals surface area contributed by atoms with Crippen molar-refractivity contribution in [3.63, 3.8) is 0 Å². The highest BCUT2D eigenvalue weighted by Crippen LogP contribution is 2.29. The number of halogens is 2. The molecule has 4 rings (SSSR count). The van der Waals surface area contributed by atoms with E-state index in [1.807, 2.05) is 13.8 Å². The molecule has 3 aromatic rings. The van der Waals surface area contributed by atoms with Crippen LogP contribution in [0, 0.1) is 13.8 Å². The van der Waals surface area contributed by atoms with E-state index < -0.39 is 0 Å². The molecule has 0 radical (unpaired) electrons. The molecule has 2 heterocycles. The zero-order valence-electron chi connectivity index (χ0n) is 18.0. The van der Waals surface area contributed by atoms with Gasteiger partial charge >= 0.3 is 0 Å². The Morgan fingerprint density at radius 1 is 1.09 bits per heavy atom. The number of carbonyl (C=O) groups excluding carboxylic acids is 1. The minimum Gasteiger partial charge on any atom is -0.379 e. The third-order valence-corrected chi connectivity index (χ3v) is 5.97. The Kier molecular flexibility index (Phi) is 7.06. The largest absolute Gasteiger partial charge is 0.379 e. The predicted molar refractivity (Wildman–Crippen MR) is 127 cm³/mol. The molecule has 1 aliphatic heterocycles. The Balaban J connectivity index is 1.53. The van der Waals surface area contributed by atoms with Crippen LogP contribution in [0.1, 0.15) is 27.3 Å². The Bertz CT molecular complexity index is 1120. The van der Waals surface area contributed by atoms with E-state index in [1.165, 1.54) is 5.56 Å². The number of carbonyl (C=O) groups is 1. The summed E-state index contributed by atoms with van der Waals surface area (Å²) < 4.78 is 5.42. The van der Waals surface area contributed by atoms with Crippen molar-refractivity contribution < 1.29 is 9.53 Å². The maximum atomic E-state index is 12.9. The third kappa shape index (κ3) is 5.27. The highest BCUT2D eigenvalue weighted by Gasteiger charge is 2.17. The maximum Gasteiger partial charge on any atom is 0.293 e. The van der Waals surface area contributed by atoms with Crippen molar-refractivity contribution >= 4 is 34.8 Å². The van der Waals surface area contributed by atoms with Crippen LogP contribution in [0.25, 0.3) is 11.3 Å². The lowest BCUT2D eigenvalue weighted by atomic mass is 10.0. The summed E-state index contributed by atoms with van der Waals surface area (Å²) >= 11 is 12.4. The lowest BCUT2D eigenvalue weighted by Gasteiger charge is -2.27. The van der Waals surface area contributed by atoms with Gasteiger partial charge in [0, 0.05) is 42.1 Å². The van der Waals surface area contributed by atoms with Crippen molar-refractivity contribution in [2.45, 2.75) is 20.4 Å². The molecule has 1 aromatic heterocycles. The van der Waals surface area contributed by atoms with Gasteiger partial charge in [-0.05, 0) is 54.8 Å². The molecular weight excluding hydrogens is 447 g/mol. The number of amides is 1. The second-order valence-corrected chi connectivity index (χ2v) is 8.68. The SMILES string of the molecule is Cc1cc(CN2CCOCC2)cc(C)c1NC(=O)c1nccc(-c2cc(Cl)ccc2Cl)n1. The molecule has 0 aliphatic carbocycles. The fourth-order valence-corrected chi connectivity index (χ4v) is 4.23. The molecule has 0 saturated carbocycles. The first-order valence-electron chi connectivity index (χ1n) is 10.4. The van der Waals surface area contributed by atoms with E-state index in [2.05, 4.69) is 32.3 Å². The molecule has 32 heavy (non-hydrogen) atoms. The molecule has 0 unspecified atom stereocenters. The zero-order chi connectivity index (χ0) is 22.7. The van der Waals surface area contributed by atoms with Gasteiger partial charge in [0.15, 0.2) is 0 Å². The van der Waals surface area contributed by atoms with Crippen LogP contribution in [0.2, 0.25) is 10.0 Å². The summed E-state index contributed by atoms with van der Waals surface area (Å²) in [5.41, 5.74) is 5.16. The summed E-state index contributed by atoms with van der Waals surface area (Å²) in [5, 5.41) is 4.01. The number of aryl methyl sites for hydroxylation is 2. The Morgan fingerprint density at radius 3 is 2.53 bits per heavy atom. The van der Waals surface area contributed by atoms with E-state index in [9.17, 15) is 4.79 Å². The van der Waals surface area contributed by atoms with Gasteiger partial charge in [0.2, 0.25) is 5.82 Å². The number of nitrogens with one attached hydrogen (secondary N) is 1. The standard InChI is InChI=1S/C24H24Cl2N4O2/c1-15-11-17(14-30-7-9-32-10-8-30)12-16(2)22(15)29-24(31)23-27-6-5-21(28-23)19-13-18(25)3-4-20(19)26/h3-6,11-13H,7-10,14H2,1-2H3,(H,29,31). The van der Waals surface area contributed by atoms with Crippen LogP contribution >= 0.6 is 23.2 Å². The minimum atomic E-state index is -0.378. The van der Waals surface area contributed by atoms with Gasteiger partial charge in [0.05, 0.1) is 23.9 Å². The molecule has 1 amide bonds. The number of hydrogen-bond donors (Lipinski definition) is 1. The van der Waals surface area contributed by atoms with Crippen molar-refractivity contribution in [1.82, 2.24) is 14.9 Å². The average Bonchev–Trinajstić information content (AvgIpc) is 2.78. The zero-order valence-corrected chi connectivity index (χ0v) is 19.5. The van der Waals surface area contributed by atoms with Gasteiger partial charge in [0.25, 0.3) is 5.91 Å². The third-order valence-electron chi connectivity index (χ3n) is 5.40. The van der Waals surface area contributed by atoms with Crippen LogP contribution in [0.4, 0.5) is 5.69 Å². The summed E-state index contributed by atoms with van der Waals surface area (Å²) in [5.74, 6) is -0.313. The van der Waals surface area contributed by atoms with E-state index in [0.717, 1.165) is 49.7 Å². The summed E-state index contributed by atoms with van der Waals surface area (Å²) in [4.78, 5) is 23.9. The van der Waals surface area contributed by atoms with Crippen molar-refractivity contribution in [3.05, 3.63) is 75.2 Å². The van der Waals surface area contributed by atoms with E-state index in [0.29, 0.717) is 21.3 Å². The summed E-state index contributed by atoms with van der Waals surface area (Å²) in [6.45, 7) is 8.26. The number of ether oxygens (including phenoxy) is 1. The van der Waals surface area contributed by atoms with E-state index >= 15 is 0 Å². The van der Waals surface area contributed by atoms with Crippen LogP contribution in [-0.2, 0) is 11.3 Å². The van der Waals surface area contributed by atoms with Crippen LogP contribution < -0.4 is 5.32 Å². The monoisotopic (exact) mass is 470 g/mol. The van der Waals surface area contributed by atoms with Crippen LogP contribution in [-0.4, -0.2) is 47.1 Å². The number of aromatic nitrogens is 2. The van der Waals surface area contributed by atoms with Crippen molar-refractivity contribution in [1.29, 1.82) is 0 Å². The molecule has 2 aromatic carbocycles. The first kappa shape index (κ1) is 22.7. The van der Waals surface area contributed by atoms with Crippen LogP contribution in [0.5, 0.6) is 0 Å². The van der Waals surface area contributed by atoms with E-state index in [4.69, 9.17) is 27.9 Å². The molecule has 1 saturated heterocycles. The quantitative estimate of drug-likeness (QED) is 0.558. The molecule has 8 heteroatoms. The van der Waals surface area contributed by atoms with Crippen LogP contribution in [0.3, 0.4) is 0 Å². The number of morpholine rings is 1. The van der Waals surface area contributed by atoms with Crippen LogP contribution in [0.15, 0.2) is 42.6 Å². The topological polar surface area (TPSA) is 67.3 Å². The smallest absolute Gasteiger partial charge is 0.293 e. The Hall–Kier alpha value is -2.51. The van der Waals surface area contributed by atoms with E-state index in [-0.39, 0.29) is 11.7 Å². The molecule has 0 spiro atoms. The number of nitrogens with zero attached hydrogens (tertiary/aromatic N) is 3. The Labute approximate surface area is 197 Å². The first-order chi connectivity index (χ1) is 15.4. The highest BCUT2D eigenvalue weighted by atomic mass is 35.5. The van der Waals surface area contributed by atoms with Gasteiger partial charge in [-0.1, -0.05) is 35.3 Å². The lowest BCUT2D eigenvalue weighted by Crippen LogP contribution is -2.35. The molecule has 1 N–H and O–H groups in total. The average molecular weight is 471 g/mol. The molecule has 0 bridgehead atoms. The van der Waals surface area contributed by atoms with Gasteiger partial charge < -0.3 is 10.1 Å². The fourth-order valence-electron chi connectivity index (χ4n) is 3.84. The van der Waals surface area contributed by atoms with Gasteiger partial charge in [-0.2, -0.15) is 0 Å². The normalized spacial score (nSPS) is 14.4. The molecular formula is C24H24Cl2N4O2. The molecule has 6 nitrogen and oxygen atoms in total.